The van der Waals surface area contributed by atoms with E-state index in [-0.39, 0.29) is 58.5 Å². The Kier molecular flexibility index (Phi) is 12.6. The summed E-state index contributed by atoms with van der Waals surface area (Å²) in [6.45, 7) is 27.0. The number of aliphatic hydroxyl groups is 2. The molecule has 208 valence electrons. The second kappa shape index (κ2) is 12.8. The number of esters is 1. The lowest BCUT2D eigenvalue weighted by atomic mass is 9.51. The number of ether oxygens (including phenoxy) is 1. The molecular weight excluding hydrogens is 460 g/mol. The molecule has 0 fully saturated rings. The van der Waals surface area contributed by atoms with Crippen LogP contribution in [-0.4, -0.2) is 52.8 Å². The molecule has 6 heteroatoms. The normalized spacial score (nSPS) is 17.9. The van der Waals surface area contributed by atoms with E-state index < -0.39 is 11.5 Å². The number of carbonyl (C=O) groups excluding carboxylic acids is 2. The molecule has 0 bridgehead atoms. The summed E-state index contributed by atoms with van der Waals surface area (Å²) in [7, 11) is 0. The number of rotatable bonds is 14. The van der Waals surface area contributed by atoms with E-state index in [1.807, 2.05) is 13.8 Å². The zero-order chi connectivity index (χ0) is 28.0. The maximum atomic E-state index is 13.5. The van der Waals surface area contributed by atoms with Gasteiger partial charge in [-0.3, -0.25) is 9.59 Å². The highest BCUT2D eigenvalue weighted by atomic mass is 32.2. The Labute approximate surface area is 220 Å². The summed E-state index contributed by atoms with van der Waals surface area (Å²) in [5.74, 6) is 1.12. The third-order valence-electron chi connectivity index (χ3n) is 8.26. The summed E-state index contributed by atoms with van der Waals surface area (Å²) >= 11 is 1.55. The van der Waals surface area contributed by atoms with Gasteiger partial charge in [0, 0.05) is 18.3 Å². The second-order valence-electron chi connectivity index (χ2n) is 14.4. The van der Waals surface area contributed by atoms with Gasteiger partial charge in [0.15, 0.2) is 0 Å². The van der Waals surface area contributed by atoms with Gasteiger partial charge in [-0.2, -0.15) is 11.8 Å². The first kappa shape index (κ1) is 34.4. The van der Waals surface area contributed by atoms with E-state index in [4.69, 9.17) is 9.84 Å². The maximum Gasteiger partial charge on any atom is 0.312 e. The third-order valence-corrected chi connectivity index (χ3v) is 9.68. The van der Waals surface area contributed by atoms with E-state index >= 15 is 0 Å². The van der Waals surface area contributed by atoms with Crippen LogP contribution in [0.4, 0.5) is 0 Å². The van der Waals surface area contributed by atoms with Crippen molar-refractivity contribution in [2.75, 3.05) is 24.7 Å². The third kappa shape index (κ3) is 10.0. The van der Waals surface area contributed by atoms with Gasteiger partial charge in [0.25, 0.3) is 0 Å². The Hall–Kier alpha value is -0.590. The number of thioether (sulfide) groups is 1. The highest BCUT2D eigenvalue weighted by Gasteiger charge is 2.54. The highest BCUT2D eigenvalue weighted by Crippen LogP contribution is 2.57. The van der Waals surface area contributed by atoms with E-state index in [1.54, 1.807) is 18.7 Å². The highest BCUT2D eigenvalue weighted by molar-refractivity contribution is 7.99. The molecule has 2 N–H and O–H groups in total. The smallest absolute Gasteiger partial charge is 0.312 e. The predicted molar refractivity (Wildman–Crippen MR) is 149 cm³/mol. The van der Waals surface area contributed by atoms with Gasteiger partial charge in [-0.15, -0.1) is 0 Å². The molecule has 0 aliphatic heterocycles. The fraction of sp³-hybridized carbons (Fsp3) is 0.931. The van der Waals surface area contributed by atoms with Crippen molar-refractivity contribution in [2.45, 2.75) is 109 Å². The first-order valence-electron chi connectivity index (χ1n) is 13.1. The van der Waals surface area contributed by atoms with E-state index in [1.165, 1.54) is 0 Å². The number of hydrogen-bond acceptors (Lipinski definition) is 6. The number of ketones is 1. The van der Waals surface area contributed by atoms with Gasteiger partial charge in [0.1, 0.15) is 12.4 Å². The molecule has 0 heterocycles. The molecule has 0 aliphatic rings. The Morgan fingerprint density at radius 3 is 1.83 bits per heavy atom. The van der Waals surface area contributed by atoms with Crippen LogP contribution < -0.4 is 0 Å². The number of hydrogen-bond donors (Lipinski definition) is 2. The predicted octanol–water partition coefficient (Wildman–Crippen LogP) is 6.39. The molecule has 0 saturated heterocycles. The van der Waals surface area contributed by atoms with E-state index in [0.29, 0.717) is 12.2 Å². The number of Topliss-reactive ketones (excluding diaryl/α,β-unsaturated/α-hetero) is 1. The summed E-state index contributed by atoms with van der Waals surface area (Å²) in [4.78, 5) is 26.3. The minimum Gasteiger partial charge on any atom is -0.462 e. The van der Waals surface area contributed by atoms with Crippen molar-refractivity contribution in [1.82, 2.24) is 0 Å². The second-order valence-corrected chi connectivity index (χ2v) is 15.4. The summed E-state index contributed by atoms with van der Waals surface area (Å²) < 4.78 is 5.71. The first-order chi connectivity index (χ1) is 15.5. The van der Waals surface area contributed by atoms with Gasteiger partial charge >= 0.3 is 5.97 Å². The molecule has 5 nitrogen and oxygen atoms in total. The summed E-state index contributed by atoms with van der Waals surface area (Å²) in [5, 5.41) is 19.5. The zero-order valence-corrected chi connectivity index (χ0v) is 25.8. The standard InChI is InChI=1S/C29H56O5S/c1-20(15-30)17-35-18-22(32)16-34-24(33)29(13,26(6,7)8)19-27(9,10)28(11,12)23(21(2)31)14-25(3,4)5/h20,22-23,30,32H,14-19H2,1-13H3. The molecule has 4 atom stereocenters. The van der Waals surface area contributed by atoms with Crippen molar-refractivity contribution < 1.29 is 24.5 Å². The molecule has 0 aromatic rings. The van der Waals surface area contributed by atoms with Crippen molar-refractivity contribution in [1.29, 1.82) is 0 Å². The van der Waals surface area contributed by atoms with Crippen LogP contribution in [0.3, 0.4) is 0 Å². The lowest BCUT2D eigenvalue weighted by Gasteiger charge is -2.53. The van der Waals surface area contributed by atoms with Gasteiger partial charge in [0.05, 0.1) is 11.5 Å². The minimum absolute atomic E-state index is 0.0130. The fourth-order valence-corrected chi connectivity index (χ4v) is 5.60. The fourth-order valence-electron chi connectivity index (χ4n) is 4.58. The van der Waals surface area contributed by atoms with Crippen LogP contribution in [0.1, 0.15) is 103 Å². The average molecular weight is 517 g/mol. The quantitative estimate of drug-likeness (QED) is 0.260. The number of carbonyl (C=O) groups is 2. The maximum absolute atomic E-state index is 13.5. The molecule has 0 aromatic carbocycles. The molecule has 0 spiro atoms. The molecule has 0 aromatic heterocycles. The topological polar surface area (TPSA) is 83.8 Å². The van der Waals surface area contributed by atoms with Crippen LogP contribution >= 0.6 is 11.8 Å². The lowest BCUT2D eigenvalue weighted by molar-refractivity contribution is -0.170. The summed E-state index contributed by atoms with van der Waals surface area (Å²) in [6.07, 6.45) is 0.591. The van der Waals surface area contributed by atoms with E-state index in [2.05, 4.69) is 69.2 Å². The minimum atomic E-state index is -0.810. The van der Waals surface area contributed by atoms with Crippen LogP contribution in [0.2, 0.25) is 0 Å². The van der Waals surface area contributed by atoms with Crippen LogP contribution in [0, 0.1) is 38.9 Å². The molecule has 0 saturated carbocycles. The van der Waals surface area contributed by atoms with Crippen molar-refractivity contribution in [3.8, 4) is 0 Å². The van der Waals surface area contributed by atoms with E-state index in [0.717, 1.165) is 12.2 Å². The zero-order valence-electron chi connectivity index (χ0n) is 25.0. The van der Waals surface area contributed by atoms with E-state index in [9.17, 15) is 14.7 Å². The van der Waals surface area contributed by atoms with Crippen molar-refractivity contribution in [2.24, 2.45) is 38.9 Å². The first-order valence-corrected chi connectivity index (χ1v) is 14.2. The van der Waals surface area contributed by atoms with Crippen LogP contribution in [-0.2, 0) is 14.3 Å². The van der Waals surface area contributed by atoms with Gasteiger partial charge in [-0.1, -0.05) is 76.2 Å². The molecule has 4 unspecified atom stereocenters. The van der Waals surface area contributed by atoms with Gasteiger partial charge < -0.3 is 14.9 Å². The van der Waals surface area contributed by atoms with Crippen molar-refractivity contribution in [3.63, 3.8) is 0 Å². The Balaban J connectivity index is 5.72. The molecule has 0 radical (unpaired) electrons. The van der Waals surface area contributed by atoms with Gasteiger partial charge in [-0.25, -0.2) is 0 Å². The lowest BCUT2D eigenvalue weighted by Crippen LogP contribution is -2.51. The molecule has 35 heavy (non-hydrogen) atoms. The summed E-state index contributed by atoms with van der Waals surface area (Å²) in [5.41, 5.74) is -1.87. The van der Waals surface area contributed by atoms with Gasteiger partial charge in [0.2, 0.25) is 0 Å². The van der Waals surface area contributed by atoms with Crippen molar-refractivity contribution in [3.05, 3.63) is 0 Å². The van der Waals surface area contributed by atoms with Crippen LogP contribution in [0.25, 0.3) is 0 Å². The molecular formula is C29H56O5S. The Morgan fingerprint density at radius 2 is 1.43 bits per heavy atom. The van der Waals surface area contributed by atoms with Crippen molar-refractivity contribution >= 4 is 23.5 Å². The monoisotopic (exact) mass is 516 g/mol. The molecule has 0 aliphatic carbocycles. The SMILES string of the molecule is CC(=O)C(CC(C)(C)C)C(C)(C)C(C)(C)CC(C)(C(=O)OCC(O)CSCC(C)CO)C(C)(C)C. The number of aliphatic hydroxyl groups excluding tert-OH is 2. The Morgan fingerprint density at radius 1 is 0.914 bits per heavy atom. The van der Waals surface area contributed by atoms with Gasteiger partial charge in [-0.05, 0) is 60.0 Å². The Bertz CT molecular complexity index is 686. The van der Waals surface area contributed by atoms with Crippen LogP contribution in [0.15, 0.2) is 0 Å². The molecule has 0 amide bonds. The summed E-state index contributed by atoms with van der Waals surface area (Å²) in [6, 6.07) is 0. The molecule has 0 rings (SSSR count). The van der Waals surface area contributed by atoms with Crippen LogP contribution in [0.5, 0.6) is 0 Å². The largest absolute Gasteiger partial charge is 0.462 e. The average Bonchev–Trinajstić information content (AvgIpc) is 2.67.